The van der Waals surface area contributed by atoms with Gasteiger partial charge in [-0.25, -0.2) is 0 Å². The van der Waals surface area contributed by atoms with Crippen LogP contribution in [0.15, 0.2) is 46.2 Å². The van der Waals surface area contributed by atoms with Crippen LogP contribution in [0.1, 0.15) is 24.8 Å². The number of nitrogens with one attached hydrogen (secondary N) is 1. The van der Waals surface area contributed by atoms with Crippen LogP contribution in [-0.4, -0.2) is 40.7 Å². The Morgan fingerprint density at radius 2 is 2.08 bits per heavy atom. The number of pyridine rings is 1. The molecule has 1 aliphatic heterocycles. The molecule has 2 fully saturated rings. The highest BCUT2D eigenvalue weighted by Crippen LogP contribution is 2.56. The molecule has 0 bridgehead atoms. The fourth-order valence-electron chi connectivity index (χ4n) is 3.84. The van der Waals surface area contributed by atoms with Crippen LogP contribution in [0.4, 0.5) is 0 Å². The average Bonchev–Trinajstić information content (AvgIpc) is 3.08. The van der Waals surface area contributed by atoms with Gasteiger partial charge in [0, 0.05) is 29.9 Å². The summed E-state index contributed by atoms with van der Waals surface area (Å²) in [6.07, 6.45) is 7.12. The van der Waals surface area contributed by atoms with E-state index in [2.05, 4.69) is 32.0 Å². The van der Waals surface area contributed by atoms with E-state index in [0.29, 0.717) is 17.2 Å². The molecule has 1 spiro atoms. The van der Waals surface area contributed by atoms with Gasteiger partial charge in [0.15, 0.2) is 0 Å². The van der Waals surface area contributed by atoms with Gasteiger partial charge in [-0.1, -0.05) is 0 Å². The third-order valence-corrected chi connectivity index (χ3v) is 7.12. The molecule has 1 saturated carbocycles. The average molecular weight is 410 g/mol. The molecule has 0 aromatic carbocycles. The minimum Gasteiger partial charge on any atom is -0.334 e. The lowest BCUT2D eigenvalue weighted by molar-refractivity contribution is -0.130. The van der Waals surface area contributed by atoms with Crippen LogP contribution in [0.3, 0.4) is 0 Å². The smallest absolute Gasteiger partial charge is 0.233 e. The first kappa shape index (κ1) is 19.7. The van der Waals surface area contributed by atoms with E-state index in [1.807, 2.05) is 12.1 Å². The molecule has 4 rings (SSSR count). The first-order chi connectivity index (χ1) is 12.3. The van der Waals surface area contributed by atoms with Crippen molar-refractivity contribution in [2.75, 3.05) is 18.8 Å². The molecule has 2 aliphatic rings. The monoisotopic (exact) mass is 409 g/mol. The van der Waals surface area contributed by atoms with E-state index in [4.69, 9.17) is 0 Å². The number of amides is 1. The topological polar surface area (TPSA) is 45.2 Å². The fraction of sp³-hybridized carbons (Fsp3) is 0.474. The molecule has 4 nitrogen and oxygen atoms in total. The number of thioether (sulfide) groups is 1. The lowest BCUT2D eigenvalue weighted by Crippen LogP contribution is -2.39. The number of nitrogens with zero attached hydrogens (tertiary/aromatic N) is 2. The number of carbonyl (C=O) groups excluding carboxylic acids is 1. The largest absolute Gasteiger partial charge is 0.334 e. The molecule has 1 aliphatic carbocycles. The van der Waals surface area contributed by atoms with E-state index in [0.717, 1.165) is 24.5 Å². The Labute approximate surface area is 169 Å². The second kappa shape index (κ2) is 8.74. The van der Waals surface area contributed by atoms with Crippen molar-refractivity contribution < 1.29 is 4.79 Å². The Bertz CT molecular complexity index is 705. The molecule has 2 aromatic heterocycles. The van der Waals surface area contributed by atoms with Crippen LogP contribution in [0.5, 0.6) is 0 Å². The van der Waals surface area contributed by atoms with Crippen LogP contribution < -0.4 is 5.32 Å². The number of piperidine rings is 1. The van der Waals surface area contributed by atoms with Crippen molar-refractivity contribution in [3.05, 3.63) is 46.9 Å². The third kappa shape index (κ3) is 4.42. The zero-order valence-electron chi connectivity index (χ0n) is 14.6. The Balaban J connectivity index is 0.00000196. The number of hydrogen-bond donors (Lipinski definition) is 1. The van der Waals surface area contributed by atoms with Gasteiger partial charge in [0.1, 0.15) is 0 Å². The van der Waals surface area contributed by atoms with Crippen LogP contribution in [0.25, 0.3) is 0 Å². The van der Waals surface area contributed by atoms with Crippen molar-refractivity contribution in [1.29, 1.82) is 0 Å². The molecular weight excluding hydrogens is 386 g/mol. The zero-order chi connectivity index (χ0) is 17.1. The number of rotatable bonds is 6. The first-order valence-corrected chi connectivity index (χ1v) is 10.7. The van der Waals surface area contributed by atoms with E-state index >= 15 is 0 Å². The summed E-state index contributed by atoms with van der Waals surface area (Å²) in [5, 5.41) is 7.70. The van der Waals surface area contributed by atoms with Gasteiger partial charge in [0.2, 0.25) is 5.91 Å². The van der Waals surface area contributed by atoms with Crippen molar-refractivity contribution in [3.8, 4) is 0 Å². The number of halogens is 1. The standard InChI is InChI=1S/C19H23N3OS2.ClH/c23-18(14-25-16-1-6-20-7-2-16)22(12-15-3-10-24-13-15)17-11-19(17)4-8-21-9-5-19;/h1-3,6-7,10,13,17,21H,4-5,8-9,11-12,14H2;1H. The summed E-state index contributed by atoms with van der Waals surface area (Å²) in [6, 6.07) is 6.48. The summed E-state index contributed by atoms with van der Waals surface area (Å²) in [5.74, 6) is 0.757. The maximum Gasteiger partial charge on any atom is 0.233 e. The maximum atomic E-state index is 13.0. The number of hydrogen-bond acceptors (Lipinski definition) is 5. The van der Waals surface area contributed by atoms with Gasteiger partial charge < -0.3 is 10.2 Å². The first-order valence-electron chi connectivity index (χ1n) is 8.81. The minimum absolute atomic E-state index is 0. The third-order valence-electron chi connectivity index (χ3n) is 5.39. The lowest BCUT2D eigenvalue weighted by atomic mass is 9.93. The van der Waals surface area contributed by atoms with E-state index in [1.54, 1.807) is 35.5 Å². The van der Waals surface area contributed by atoms with Crippen molar-refractivity contribution in [2.24, 2.45) is 5.41 Å². The van der Waals surface area contributed by atoms with E-state index in [-0.39, 0.29) is 18.3 Å². The highest BCUT2D eigenvalue weighted by molar-refractivity contribution is 8.00. The Morgan fingerprint density at radius 1 is 1.31 bits per heavy atom. The Hall–Kier alpha value is -1.08. The predicted octanol–water partition coefficient (Wildman–Crippen LogP) is 3.83. The van der Waals surface area contributed by atoms with Crippen molar-refractivity contribution in [3.63, 3.8) is 0 Å². The van der Waals surface area contributed by atoms with Gasteiger partial charge in [0.25, 0.3) is 0 Å². The number of aromatic nitrogens is 1. The maximum absolute atomic E-state index is 13.0. The molecule has 26 heavy (non-hydrogen) atoms. The van der Waals surface area contributed by atoms with Crippen molar-refractivity contribution in [1.82, 2.24) is 15.2 Å². The fourth-order valence-corrected chi connectivity index (χ4v) is 5.27. The highest BCUT2D eigenvalue weighted by atomic mass is 35.5. The van der Waals surface area contributed by atoms with Gasteiger partial charge in [-0.3, -0.25) is 9.78 Å². The van der Waals surface area contributed by atoms with Gasteiger partial charge >= 0.3 is 0 Å². The van der Waals surface area contributed by atoms with E-state index in [9.17, 15) is 4.79 Å². The molecule has 1 unspecified atom stereocenters. The predicted molar refractivity (Wildman–Crippen MR) is 110 cm³/mol. The van der Waals surface area contributed by atoms with Crippen LogP contribution >= 0.6 is 35.5 Å². The van der Waals surface area contributed by atoms with Crippen molar-refractivity contribution in [2.45, 2.75) is 36.7 Å². The van der Waals surface area contributed by atoms with Crippen LogP contribution in [-0.2, 0) is 11.3 Å². The molecule has 1 N–H and O–H groups in total. The van der Waals surface area contributed by atoms with Gasteiger partial charge in [-0.15, -0.1) is 24.2 Å². The summed E-state index contributed by atoms with van der Waals surface area (Å²) in [6.45, 7) is 2.92. The van der Waals surface area contributed by atoms with Crippen molar-refractivity contribution >= 4 is 41.4 Å². The molecular formula is C19H24ClN3OS2. The number of carbonyl (C=O) groups is 1. The van der Waals surface area contributed by atoms with Gasteiger partial charge in [-0.2, -0.15) is 11.3 Å². The molecule has 7 heteroatoms. The second-order valence-corrected chi connectivity index (χ2v) is 8.79. The summed E-state index contributed by atoms with van der Waals surface area (Å²) in [4.78, 5) is 20.3. The normalized spacial score (nSPS) is 20.4. The lowest BCUT2D eigenvalue weighted by Gasteiger charge is -2.29. The molecule has 2 aromatic rings. The zero-order valence-corrected chi connectivity index (χ0v) is 17.0. The van der Waals surface area contributed by atoms with Crippen LogP contribution in [0.2, 0.25) is 0 Å². The number of thiophene rings is 1. The molecule has 1 amide bonds. The van der Waals surface area contributed by atoms with Gasteiger partial charge in [0.05, 0.1) is 5.75 Å². The van der Waals surface area contributed by atoms with E-state index in [1.165, 1.54) is 24.8 Å². The Kier molecular flexibility index (Phi) is 6.61. The molecule has 1 saturated heterocycles. The highest BCUT2D eigenvalue weighted by Gasteiger charge is 2.57. The quantitative estimate of drug-likeness (QED) is 0.736. The molecule has 1 atom stereocenters. The molecule has 3 heterocycles. The van der Waals surface area contributed by atoms with Crippen LogP contribution in [0, 0.1) is 5.41 Å². The minimum atomic E-state index is 0. The molecule has 140 valence electrons. The molecule has 0 radical (unpaired) electrons. The Morgan fingerprint density at radius 3 is 2.77 bits per heavy atom. The second-order valence-electron chi connectivity index (χ2n) is 6.96. The SMILES string of the molecule is Cl.O=C(CSc1ccncc1)N(Cc1ccsc1)C1CC12CCNCC2. The van der Waals surface area contributed by atoms with Gasteiger partial charge in [-0.05, 0) is 72.3 Å². The summed E-state index contributed by atoms with van der Waals surface area (Å²) in [5.41, 5.74) is 1.63. The summed E-state index contributed by atoms with van der Waals surface area (Å²) < 4.78 is 0. The van der Waals surface area contributed by atoms with E-state index < -0.39 is 0 Å². The summed E-state index contributed by atoms with van der Waals surface area (Å²) in [7, 11) is 0. The summed E-state index contributed by atoms with van der Waals surface area (Å²) >= 11 is 3.31.